The van der Waals surface area contributed by atoms with E-state index in [0.29, 0.717) is 22.4 Å². The van der Waals surface area contributed by atoms with Gasteiger partial charge in [-0.3, -0.25) is 10.0 Å². The summed E-state index contributed by atoms with van der Waals surface area (Å²) in [6.45, 7) is 3.33. The van der Waals surface area contributed by atoms with Gasteiger partial charge in [-0.05, 0) is 42.7 Å². The highest BCUT2D eigenvalue weighted by molar-refractivity contribution is 5.85. The largest absolute Gasteiger partial charge is 0.370 e. The van der Waals surface area contributed by atoms with Gasteiger partial charge in [-0.2, -0.15) is 0 Å². The van der Waals surface area contributed by atoms with Crippen LogP contribution in [0.3, 0.4) is 0 Å². The van der Waals surface area contributed by atoms with E-state index in [4.69, 9.17) is 5.21 Å². The highest BCUT2D eigenvalue weighted by Crippen LogP contribution is 2.23. The molecule has 0 bridgehead atoms. The zero-order valence-electron chi connectivity index (χ0n) is 11.9. The van der Waals surface area contributed by atoms with Gasteiger partial charge in [0.2, 0.25) is 0 Å². The summed E-state index contributed by atoms with van der Waals surface area (Å²) in [4.78, 5) is 11.9. The van der Waals surface area contributed by atoms with Gasteiger partial charge in [0.15, 0.2) is 0 Å². The fourth-order valence-electron chi connectivity index (χ4n) is 2.21. The molecule has 2 rings (SSSR count). The second kappa shape index (κ2) is 6.37. The van der Waals surface area contributed by atoms with Crippen LogP contribution in [0.1, 0.15) is 22.7 Å². The van der Waals surface area contributed by atoms with Crippen LogP contribution in [0, 0.1) is 19.7 Å². The van der Waals surface area contributed by atoms with Gasteiger partial charge in [-0.1, -0.05) is 30.3 Å². The van der Waals surface area contributed by atoms with Gasteiger partial charge in [-0.25, -0.2) is 9.87 Å². The molecule has 1 amide bonds. The molecule has 1 unspecified atom stereocenters. The molecule has 0 radical (unpaired) electrons. The molecule has 0 fully saturated rings. The van der Waals surface area contributed by atoms with Crippen molar-refractivity contribution in [3.63, 3.8) is 0 Å². The number of amides is 1. The van der Waals surface area contributed by atoms with Crippen molar-refractivity contribution in [3.05, 3.63) is 65.0 Å². The monoisotopic (exact) mass is 288 g/mol. The van der Waals surface area contributed by atoms with Crippen molar-refractivity contribution in [2.75, 3.05) is 5.32 Å². The third-order valence-corrected chi connectivity index (χ3v) is 3.25. The summed E-state index contributed by atoms with van der Waals surface area (Å²) in [5.74, 6) is -0.843. The summed E-state index contributed by atoms with van der Waals surface area (Å²) >= 11 is 0. The Bertz CT molecular complexity index is 621. The smallest absolute Gasteiger partial charge is 0.270 e. The normalized spacial score (nSPS) is 11.8. The maximum atomic E-state index is 13.6. The first-order chi connectivity index (χ1) is 10.0. The van der Waals surface area contributed by atoms with Crippen molar-refractivity contribution < 1.29 is 14.4 Å². The number of halogens is 1. The van der Waals surface area contributed by atoms with Gasteiger partial charge in [0, 0.05) is 5.69 Å². The average molecular weight is 288 g/mol. The minimum Gasteiger partial charge on any atom is -0.370 e. The molecule has 1 atom stereocenters. The zero-order valence-corrected chi connectivity index (χ0v) is 11.9. The lowest BCUT2D eigenvalue weighted by Crippen LogP contribution is -2.31. The Labute approximate surface area is 122 Å². The lowest BCUT2D eigenvalue weighted by atomic mass is 10.0. The maximum absolute atomic E-state index is 13.6. The number of benzene rings is 2. The number of carbonyl (C=O) groups is 1. The van der Waals surface area contributed by atoms with E-state index in [0.717, 1.165) is 0 Å². The summed E-state index contributed by atoms with van der Waals surface area (Å²) < 4.78 is 13.6. The van der Waals surface area contributed by atoms with Crippen LogP contribution in [-0.2, 0) is 4.79 Å². The van der Waals surface area contributed by atoms with Crippen LogP contribution in [0.4, 0.5) is 10.1 Å². The summed E-state index contributed by atoms with van der Waals surface area (Å²) in [5, 5.41) is 11.9. The Morgan fingerprint density at radius 2 is 1.71 bits per heavy atom. The minimum absolute atomic E-state index is 0.261. The molecule has 0 saturated carbocycles. The standard InChI is InChI=1S/C16H17FN2O2/c1-10-8-13(9-11(2)14(10)17)18-15(16(20)19-21)12-6-4-3-5-7-12/h3-9,15,18,21H,1-2H3,(H,19,20). The summed E-state index contributed by atoms with van der Waals surface area (Å²) in [7, 11) is 0. The number of carbonyl (C=O) groups excluding carboxylic acids is 1. The fraction of sp³-hybridized carbons (Fsp3) is 0.188. The van der Waals surface area contributed by atoms with Gasteiger partial charge >= 0.3 is 0 Å². The molecule has 0 aliphatic heterocycles. The van der Waals surface area contributed by atoms with Crippen molar-refractivity contribution in [1.82, 2.24) is 5.48 Å². The van der Waals surface area contributed by atoms with E-state index < -0.39 is 11.9 Å². The molecule has 0 aromatic heterocycles. The van der Waals surface area contributed by atoms with Crippen molar-refractivity contribution in [1.29, 1.82) is 0 Å². The molecule has 3 N–H and O–H groups in total. The van der Waals surface area contributed by atoms with E-state index in [-0.39, 0.29) is 5.82 Å². The molecular weight excluding hydrogens is 271 g/mol. The molecule has 4 nitrogen and oxygen atoms in total. The lowest BCUT2D eigenvalue weighted by Gasteiger charge is -2.19. The Hall–Kier alpha value is -2.40. The summed E-state index contributed by atoms with van der Waals surface area (Å²) in [6.07, 6.45) is 0. The number of nitrogens with one attached hydrogen (secondary N) is 2. The molecule has 0 saturated heterocycles. The molecule has 0 spiro atoms. The maximum Gasteiger partial charge on any atom is 0.270 e. The Balaban J connectivity index is 2.34. The molecule has 0 heterocycles. The molecule has 21 heavy (non-hydrogen) atoms. The molecule has 5 heteroatoms. The summed E-state index contributed by atoms with van der Waals surface area (Å²) in [6, 6.07) is 11.5. The van der Waals surface area contributed by atoms with E-state index in [1.807, 2.05) is 6.07 Å². The number of aryl methyl sites for hydroxylation is 2. The quantitative estimate of drug-likeness (QED) is 0.598. The van der Waals surface area contributed by atoms with E-state index in [9.17, 15) is 9.18 Å². The average Bonchev–Trinajstić information content (AvgIpc) is 2.50. The highest BCUT2D eigenvalue weighted by Gasteiger charge is 2.20. The fourth-order valence-corrected chi connectivity index (χ4v) is 2.21. The zero-order chi connectivity index (χ0) is 15.4. The van der Waals surface area contributed by atoms with Gasteiger partial charge in [0.1, 0.15) is 11.9 Å². The number of hydrogen-bond acceptors (Lipinski definition) is 3. The van der Waals surface area contributed by atoms with Gasteiger partial charge in [0.25, 0.3) is 5.91 Å². The Morgan fingerprint density at radius 1 is 1.14 bits per heavy atom. The molecule has 0 aliphatic carbocycles. The summed E-state index contributed by atoms with van der Waals surface area (Å²) in [5.41, 5.74) is 3.95. The van der Waals surface area contributed by atoms with E-state index in [1.165, 1.54) is 0 Å². The van der Waals surface area contributed by atoms with Crippen molar-refractivity contribution >= 4 is 11.6 Å². The number of hydrogen-bond donors (Lipinski definition) is 3. The molecule has 110 valence electrons. The van der Waals surface area contributed by atoms with Crippen LogP contribution < -0.4 is 10.8 Å². The van der Waals surface area contributed by atoms with Crippen LogP contribution >= 0.6 is 0 Å². The lowest BCUT2D eigenvalue weighted by molar-refractivity contribution is -0.130. The number of hydroxylamine groups is 1. The second-order valence-corrected chi connectivity index (χ2v) is 4.89. The first-order valence-electron chi connectivity index (χ1n) is 6.55. The third kappa shape index (κ3) is 3.38. The first-order valence-corrected chi connectivity index (χ1v) is 6.55. The second-order valence-electron chi connectivity index (χ2n) is 4.89. The topological polar surface area (TPSA) is 61.4 Å². The predicted molar refractivity (Wildman–Crippen MR) is 78.6 cm³/mol. The third-order valence-electron chi connectivity index (χ3n) is 3.25. The molecule has 2 aromatic carbocycles. The molecule has 2 aromatic rings. The minimum atomic E-state index is -0.763. The van der Waals surface area contributed by atoms with Gasteiger partial charge < -0.3 is 5.32 Å². The van der Waals surface area contributed by atoms with Gasteiger partial charge in [-0.15, -0.1) is 0 Å². The van der Waals surface area contributed by atoms with Crippen molar-refractivity contribution in [2.45, 2.75) is 19.9 Å². The Morgan fingerprint density at radius 3 is 2.24 bits per heavy atom. The molecule has 0 aliphatic rings. The highest BCUT2D eigenvalue weighted by atomic mass is 19.1. The van der Waals surface area contributed by atoms with E-state index in [2.05, 4.69) is 5.32 Å². The SMILES string of the molecule is Cc1cc(NC(C(=O)NO)c2ccccc2)cc(C)c1F. The van der Waals surface area contributed by atoms with E-state index in [1.54, 1.807) is 55.7 Å². The van der Waals surface area contributed by atoms with Crippen molar-refractivity contribution in [2.24, 2.45) is 0 Å². The number of anilines is 1. The number of rotatable bonds is 4. The van der Waals surface area contributed by atoms with Crippen LogP contribution in [0.25, 0.3) is 0 Å². The molecular formula is C16H17FN2O2. The van der Waals surface area contributed by atoms with Crippen LogP contribution in [0.2, 0.25) is 0 Å². The predicted octanol–water partition coefficient (Wildman–Crippen LogP) is 3.10. The van der Waals surface area contributed by atoms with Crippen LogP contribution in [0.5, 0.6) is 0 Å². The van der Waals surface area contributed by atoms with Gasteiger partial charge in [0.05, 0.1) is 0 Å². The first kappa shape index (κ1) is 15.0. The Kier molecular flexibility index (Phi) is 4.55. The van der Waals surface area contributed by atoms with Crippen LogP contribution in [-0.4, -0.2) is 11.1 Å². The van der Waals surface area contributed by atoms with Crippen molar-refractivity contribution in [3.8, 4) is 0 Å². The van der Waals surface area contributed by atoms with Crippen LogP contribution in [0.15, 0.2) is 42.5 Å². The van der Waals surface area contributed by atoms with E-state index >= 15 is 0 Å².